The van der Waals surface area contributed by atoms with E-state index in [1.165, 1.54) is 0 Å². The van der Waals surface area contributed by atoms with Crippen LogP contribution in [-0.2, 0) is 12.2 Å². The third kappa shape index (κ3) is 2.36. The van der Waals surface area contributed by atoms with Crippen LogP contribution in [0, 0.1) is 6.92 Å². The summed E-state index contributed by atoms with van der Waals surface area (Å²) in [7, 11) is 0. The monoisotopic (exact) mass is 212 g/mol. The lowest BCUT2D eigenvalue weighted by atomic mass is 10.2. The zero-order valence-electron chi connectivity index (χ0n) is 8.79. The normalized spacial score (nSPS) is 10.3. The lowest BCUT2D eigenvalue weighted by molar-refractivity contribution is 0.936. The molecule has 0 unspecified atom stereocenters. The number of anilines is 1. The number of aromatic nitrogens is 2. The van der Waals surface area contributed by atoms with Crippen molar-refractivity contribution in [2.75, 3.05) is 11.7 Å². The molecule has 78 valence electrons. The SMILES string of the molecule is CCc1c(C)nc(CSC)nc1NN. The van der Waals surface area contributed by atoms with Gasteiger partial charge in [0.1, 0.15) is 11.6 Å². The quantitative estimate of drug-likeness (QED) is 0.585. The predicted molar refractivity (Wildman–Crippen MR) is 61.2 cm³/mol. The van der Waals surface area contributed by atoms with E-state index in [9.17, 15) is 0 Å². The van der Waals surface area contributed by atoms with Crippen molar-refractivity contribution in [1.82, 2.24) is 9.97 Å². The molecule has 0 spiro atoms. The summed E-state index contributed by atoms with van der Waals surface area (Å²) >= 11 is 1.70. The van der Waals surface area contributed by atoms with Crippen molar-refractivity contribution in [2.45, 2.75) is 26.0 Å². The smallest absolute Gasteiger partial charge is 0.147 e. The fraction of sp³-hybridized carbons (Fsp3) is 0.556. The maximum Gasteiger partial charge on any atom is 0.147 e. The number of rotatable bonds is 4. The van der Waals surface area contributed by atoms with Crippen molar-refractivity contribution < 1.29 is 0 Å². The molecule has 0 saturated heterocycles. The number of hydrazine groups is 1. The van der Waals surface area contributed by atoms with Crippen LogP contribution in [0.5, 0.6) is 0 Å². The summed E-state index contributed by atoms with van der Waals surface area (Å²) in [5.74, 6) is 7.82. The first-order valence-electron chi connectivity index (χ1n) is 4.54. The van der Waals surface area contributed by atoms with Crippen LogP contribution < -0.4 is 11.3 Å². The highest BCUT2D eigenvalue weighted by Gasteiger charge is 2.08. The average molecular weight is 212 g/mol. The maximum atomic E-state index is 5.41. The molecule has 0 saturated carbocycles. The van der Waals surface area contributed by atoms with Crippen LogP contribution in [0.4, 0.5) is 5.82 Å². The Kier molecular flexibility index (Phi) is 4.16. The molecule has 14 heavy (non-hydrogen) atoms. The zero-order valence-corrected chi connectivity index (χ0v) is 9.61. The highest BCUT2D eigenvalue weighted by atomic mass is 32.2. The third-order valence-electron chi connectivity index (χ3n) is 2.02. The van der Waals surface area contributed by atoms with Gasteiger partial charge in [-0.3, -0.25) is 0 Å². The van der Waals surface area contributed by atoms with Gasteiger partial charge in [-0.25, -0.2) is 15.8 Å². The Labute approximate surface area is 88.7 Å². The van der Waals surface area contributed by atoms with Gasteiger partial charge in [-0.2, -0.15) is 11.8 Å². The minimum Gasteiger partial charge on any atom is -0.308 e. The number of thioether (sulfide) groups is 1. The lowest BCUT2D eigenvalue weighted by Crippen LogP contribution is -2.14. The van der Waals surface area contributed by atoms with Crippen molar-refractivity contribution in [3.8, 4) is 0 Å². The Morgan fingerprint density at radius 2 is 2.14 bits per heavy atom. The van der Waals surface area contributed by atoms with Crippen LogP contribution in [0.2, 0.25) is 0 Å². The molecule has 0 aliphatic rings. The second kappa shape index (κ2) is 5.17. The fourth-order valence-corrected chi connectivity index (χ4v) is 1.78. The molecule has 0 amide bonds. The van der Waals surface area contributed by atoms with Crippen LogP contribution in [-0.4, -0.2) is 16.2 Å². The van der Waals surface area contributed by atoms with Crippen molar-refractivity contribution in [2.24, 2.45) is 5.84 Å². The first-order chi connectivity index (χ1) is 6.72. The van der Waals surface area contributed by atoms with Gasteiger partial charge in [0, 0.05) is 11.3 Å². The molecule has 1 aromatic rings. The summed E-state index contributed by atoms with van der Waals surface area (Å²) in [6, 6.07) is 0. The summed E-state index contributed by atoms with van der Waals surface area (Å²) in [5, 5.41) is 0. The summed E-state index contributed by atoms with van der Waals surface area (Å²) < 4.78 is 0. The van der Waals surface area contributed by atoms with Gasteiger partial charge in [-0.05, 0) is 19.6 Å². The molecule has 0 aliphatic heterocycles. The van der Waals surface area contributed by atoms with Crippen molar-refractivity contribution in [3.63, 3.8) is 0 Å². The molecule has 0 aliphatic carbocycles. The van der Waals surface area contributed by atoms with E-state index in [4.69, 9.17) is 5.84 Å². The third-order valence-corrected chi connectivity index (χ3v) is 2.57. The first kappa shape index (κ1) is 11.3. The first-order valence-corrected chi connectivity index (χ1v) is 5.94. The summed E-state index contributed by atoms with van der Waals surface area (Å²) in [6.45, 7) is 4.06. The number of hydrogen-bond donors (Lipinski definition) is 2. The number of hydrogen-bond acceptors (Lipinski definition) is 5. The Bertz CT molecular complexity index is 314. The van der Waals surface area contributed by atoms with E-state index >= 15 is 0 Å². The van der Waals surface area contributed by atoms with Crippen LogP contribution in [0.15, 0.2) is 0 Å². The molecule has 1 rings (SSSR count). The zero-order chi connectivity index (χ0) is 10.6. The molecule has 1 aromatic heterocycles. The Morgan fingerprint density at radius 1 is 1.43 bits per heavy atom. The van der Waals surface area contributed by atoms with Crippen molar-refractivity contribution in [1.29, 1.82) is 0 Å². The van der Waals surface area contributed by atoms with E-state index in [0.717, 1.165) is 35.1 Å². The molecule has 1 heterocycles. The van der Waals surface area contributed by atoms with Gasteiger partial charge in [0.25, 0.3) is 0 Å². The average Bonchev–Trinajstić information content (AvgIpc) is 2.17. The number of nitrogens with one attached hydrogen (secondary N) is 1. The molecular weight excluding hydrogens is 196 g/mol. The van der Waals surface area contributed by atoms with Crippen molar-refractivity contribution in [3.05, 3.63) is 17.1 Å². The van der Waals surface area contributed by atoms with Gasteiger partial charge in [0.05, 0.1) is 5.75 Å². The van der Waals surface area contributed by atoms with Gasteiger partial charge < -0.3 is 5.43 Å². The fourth-order valence-electron chi connectivity index (χ4n) is 1.39. The van der Waals surface area contributed by atoms with E-state index in [1.54, 1.807) is 11.8 Å². The number of nitrogens with two attached hydrogens (primary N) is 1. The number of aryl methyl sites for hydroxylation is 1. The van der Waals surface area contributed by atoms with Gasteiger partial charge in [0.2, 0.25) is 0 Å². The number of nitrogens with zero attached hydrogens (tertiary/aromatic N) is 2. The summed E-state index contributed by atoms with van der Waals surface area (Å²) in [5.41, 5.74) is 4.73. The molecule has 3 N–H and O–H groups in total. The minimum atomic E-state index is 0.754. The maximum absolute atomic E-state index is 5.41. The molecule has 0 atom stereocenters. The van der Waals surface area contributed by atoms with Gasteiger partial charge in [-0.1, -0.05) is 6.92 Å². The molecule has 0 fully saturated rings. The van der Waals surface area contributed by atoms with Crippen molar-refractivity contribution >= 4 is 17.6 Å². The van der Waals surface area contributed by atoms with E-state index in [0.29, 0.717) is 0 Å². The Balaban J connectivity index is 3.10. The van der Waals surface area contributed by atoms with Gasteiger partial charge in [-0.15, -0.1) is 0 Å². The number of nitrogen functional groups attached to an aromatic ring is 1. The van der Waals surface area contributed by atoms with Crippen LogP contribution >= 0.6 is 11.8 Å². The summed E-state index contributed by atoms with van der Waals surface area (Å²) in [4.78, 5) is 8.76. The summed E-state index contributed by atoms with van der Waals surface area (Å²) in [6.07, 6.45) is 2.92. The van der Waals surface area contributed by atoms with Crippen LogP contribution in [0.1, 0.15) is 24.0 Å². The largest absolute Gasteiger partial charge is 0.308 e. The van der Waals surface area contributed by atoms with Gasteiger partial charge in [0.15, 0.2) is 0 Å². The lowest BCUT2D eigenvalue weighted by Gasteiger charge is -2.10. The molecule has 0 radical (unpaired) electrons. The molecular formula is C9H16N4S. The Morgan fingerprint density at radius 3 is 2.64 bits per heavy atom. The van der Waals surface area contributed by atoms with E-state index in [2.05, 4.69) is 22.3 Å². The topological polar surface area (TPSA) is 63.8 Å². The molecule has 4 nitrogen and oxygen atoms in total. The van der Waals surface area contributed by atoms with Crippen LogP contribution in [0.3, 0.4) is 0 Å². The highest BCUT2D eigenvalue weighted by Crippen LogP contribution is 2.17. The minimum absolute atomic E-state index is 0.754. The molecule has 0 aromatic carbocycles. The molecule has 0 bridgehead atoms. The second-order valence-corrected chi connectivity index (χ2v) is 3.85. The van der Waals surface area contributed by atoms with E-state index in [1.807, 2.05) is 13.2 Å². The van der Waals surface area contributed by atoms with E-state index in [-0.39, 0.29) is 0 Å². The second-order valence-electron chi connectivity index (χ2n) is 2.98. The van der Waals surface area contributed by atoms with E-state index < -0.39 is 0 Å². The van der Waals surface area contributed by atoms with Crippen LogP contribution in [0.25, 0.3) is 0 Å². The molecule has 5 heteroatoms. The Hall–Kier alpha value is -0.810. The predicted octanol–water partition coefficient (Wildman–Crippen LogP) is 1.50. The van der Waals surface area contributed by atoms with Gasteiger partial charge >= 0.3 is 0 Å². The standard InChI is InChI=1S/C9H16N4S/c1-4-7-6(2)11-8(5-14-3)12-9(7)13-10/h4-5,10H2,1-3H3,(H,11,12,13). The highest BCUT2D eigenvalue weighted by molar-refractivity contribution is 7.97.